The van der Waals surface area contributed by atoms with Gasteiger partial charge in [0.15, 0.2) is 0 Å². The monoisotopic (exact) mass is 319 g/mol. The first kappa shape index (κ1) is 17.0. The zero-order valence-corrected chi connectivity index (χ0v) is 12.9. The minimum absolute atomic E-state index is 0.0240. The van der Waals surface area contributed by atoms with Gasteiger partial charge < -0.3 is 26.2 Å². The number of nitrogens with two attached hydrogens (primary N) is 1. The fraction of sp³-hybridized carbons (Fsp3) is 0.375. The van der Waals surface area contributed by atoms with E-state index in [-0.39, 0.29) is 12.8 Å². The molecule has 0 fully saturated rings. The highest BCUT2D eigenvalue weighted by Crippen LogP contribution is 2.25. The molecule has 1 heterocycles. The van der Waals surface area contributed by atoms with E-state index >= 15 is 0 Å². The second kappa shape index (κ2) is 6.80. The molecular weight excluding hydrogens is 298 g/mol. The minimum Gasteiger partial charge on any atom is -0.480 e. The Balaban J connectivity index is 2.33. The molecule has 0 aliphatic rings. The number of carbonyl (C=O) groups is 2. The number of amides is 1. The second-order valence-corrected chi connectivity index (χ2v) is 5.58. The molecule has 7 heteroatoms. The second-order valence-electron chi connectivity index (χ2n) is 5.58. The summed E-state index contributed by atoms with van der Waals surface area (Å²) in [6, 6.07) is 6.16. The molecule has 0 saturated carbocycles. The Morgan fingerprint density at radius 1 is 1.39 bits per heavy atom. The third kappa shape index (κ3) is 3.69. The van der Waals surface area contributed by atoms with Crippen LogP contribution in [0.1, 0.15) is 18.9 Å². The number of fused-ring (bicyclic) bond motifs is 1. The molecular formula is C16H21N3O4. The molecule has 2 aromatic rings. The molecule has 7 nitrogen and oxygen atoms in total. The highest BCUT2D eigenvalue weighted by Gasteiger charge is 2.39. The average molecular weight is 319 g/mol. The highest BCUT2D eigenvalue weighted by molar-refractivity contribution is 5.89. The van der Waals surface area contributed by atoms with Crippen molar-refractivity contribution >= 4 is 22.8 Å². The number of hydrogen-bond acceptors (Lipinski definition) is 4. The van der Waals surface area contributed by atoms with Gasteiger partial charge >= 0.3 is 5.97 Å². The van der Waals surface area contributed by atoms with E-state index in [1.165, 1.54) is 0 Å². The van der Waals surface area contributed by atoms with Crippen LogP contribution in [0, 0.1) is 0 Å². The van der Waals surface area contributed by atoms with Crippen LogP contribution in [0.25, 0.3) is 10.9 Å². The van der Waals surface area contributed by atoms with Crippen molar-refractivity contribution in [1.29, 1.82) is 0 Å². The first-order valence-corrected chi connectivity index (χ1v) is 7.41. The van der Waals surface area contributed by atoms with Crippen LogP contribution in [0.2, 0.25) is 0 Å². The molecule has 0 radical (unpaired) electrons. The molecule has 2 rings (SSSR count). The number of hydrogen-bond donors (Lipinski definition) is 5. The van der Waals surface area contributed by atoms with Crippen LogP contribution in [-0.2, 0) is 16.0 Å². The Morgan fingerprint density at radius 3 is 2.74 bits per heavy atom. The summed E-state index contributed by atoms with van der Waals surface area (Å²) in [5.41, 5.74) is 5.25. The molecule has 0 saturated heterocycles. The Kier molecular flexibility index (Phi) is 5.02. The van der Waals surface area contributed by atoms with Gasteiger partial charge in [0.25, 0.3) is 5.91 Å². The number of carboxylic acids is 1. The fourth-order valence-corrected chi connectivity index (χ4v) is 2.61. The topological polar surface area (TPSA) is 128 Å². The lowest BCUT2D eigenvalue weighted by Crippen LogP contribution is -2.53. The van der Waals surface area contributed by atoms with E-state index in [4.69, 9.17) is 10.8 Å². The van der Waals surface area contributed by atoms with Crippen LogP contribution in [0.3, 0.4) is 0 Å². The van der Waals surface area contributed by atoms with Crippen molar-refractivity contribution in [2.24, 2.45) is 5.73 Å². The lowest BCUT2D eigenvalue weighted by atomic mass is 9.87. The SMILES string of the molecule is CCNC(=O)[C@](O)(Cc1c[nH]c2ccccc12)C[C@@H](N)C(=O)O. The molecule has 1 amide bonds. The summed E-state index contributed by atoms with van der Waals surface area (Å²) in [5, 5.41) is 23.2. The number of benzene rings is 1. The molecule has 0 unspecified atom stereocenters. The number of aromatic amines is 1. The summed E-state index contributed by atoms with van der Waals surface area (Å²) in [4.78, 5) is 26.3. The fourth-order valence-electron chi connectivity index (χ4n) is 2.61. The largest absolute Gasteiger partial charge is 0.480 e. The first-order chi connectivity index (χ1) is 10.9. The number of carboxylic acid groups (broad SMARTS) is 1. The molecule has 6 N–H and O–H groups in total. The summed E-state index contributed by atoms with van der Waals surface area (Å²) >= 11 is 0. The van der Waals surface area contributed by atoms with Crippen molar-refractivity contribution < 1.29 is 19.8 Å². The average Bonchev–Trinajstić information content (AvgIpc) is 2.90. The number of aliphatic hydroxyl groups is 1. The number of carbonyl (C=O) groups excluding carboxylic acids is 1. The van der Waals surface area contributed by atoms with Crippen LogP contribution in [0.5, 0.6) is 0 Å². The maximum Gasteiger partial charge on any atom is 0.320 e. The molecule has 1 aromatic heterocycles. The standard InChI is InChI=1S/C16H21N3O4/c1-2-18-15(22)16(23,8-12(17)14(20)21)7-10-9-19-13-6-4-3-5-11(10)13/h3-6,9,12,19,23H,2,7-8,17H2,1H3,(H,18,22)(H,20,21)/t12-,16+/m1/s1. The zero-order valence-electron chi connectivity index (χ0n) is 12.9. The quantitative estimate of drug-likeness (QED) is 0.504. The summed E-state index contributed by atoms with van der Waals surface area (Å²) in [5.74, 6) is -1.88. The Morgan fingerprint density at radius 2 is 2.09 bits per heavy atom. The highest BCUT2D eigenvalue weighted by atomic mass is 16.4. The molecule has 0 bridgehead atoms. The Hall–Kier alpha value is -2.38. The van der Waals surface area contributed by atoms with Gasteiger partial charge in [-0.1, -0.05) is 18.2 Å². The van der Waals surface area contributed by atoms with Crippen molar-refractivity contribution in [2.45, 2.75) is 31.4 Å². The molecule has 0 aliphatic carbocycles. The maximum atomic E-state index is 12.3. The summed E-state index contributed by atoms with van der Waals surface area (Å²) in [6.07, 6.45) is 1.32. The van der Waals surface area contributed by atoms with Gasteiger partial charge in [-0.25, -0.2) is 0 Å². The Bertz CT molecular complexity index is 712. The maximum absolute atomic E-state index is 12.3. The van der Waals surface area contributed by atoms with Gasteiger partial charge in [0.05, 0.1) is 0 Å². The van der Waals surface area contributed by atoms with Crippen molar-refractivity contribution in [3.63, 3.8) is 0 Å². The molecule has 0 spiro atoms. The third-order valence-corrected chi connectivity index (χ3v) is 3.79. The van der Waals surface area contributed by atoms with Crippen molar-refractivity contribution in [1.82, 2.24) is 10.3 Å². The van der Waals surface area contributed by atoms with Gasteiger partial charge in [0.1, 0.15) is 11.6 Å². The third-order valence-electron chi connectivity index (χ3n) is 3.79. The van der Waals surface area contributed by atoms with Gasteiger partial charge in [-0.3, -0.25) is 9.59 Å². The van der Waals surface area contributed by atoms with Crippen molar-refractivity contribution in [3.05, 3.63) is 36.0 Å². The molecule has 0 aliphatic heterocycles. The van der Waals surface area contributed by atoms with Crippen molar-refractivity contribution in [3.8, 4) is 0 Å². The number of H-pyrrole nitrogens is 1. The zero-order chi connectivity index (χ0) is 17.0. The molecule has 2 atom stereocenters. The van der Waals surface area contributed by atoms with E-state index in [2.05, 4.69) is 10.3 Å². The number of nitrogens with one attached hydrogen (secondary N) is 2. The summed E-state index contributed by atoms with van der Waals surface area (Å²) in [7, 11) is 0. The predicted molar refractivity (Wildman–Crippen MR) is 85.9 cm³/mol. The van der Waals surface area contributed by atoms with E-state index < -0.39 is 23.5 Å². The number of rotatable bonds is 7. The smallest absolute Gasteiger partial charge is 0.320 e. The van der Waals surface area contributed by atoms with Crippen LogP contribution < -0.4 is 11.1 Å². The van der Waals surface area contributed by atoms with E-state index in [0.29, 0.717) is 6.54 Å². The lowest BCUT2D eigenvalue weighted by Gasteiger charge is -2.28. The van der Waals surface area contributed by atoms with E-state index in [1.807, 2.05) is 24.3 Å². The first-order valence-electron chi connectivity index (χ1n) is 7.41. The van der Waals surface area contributed by atoms with Crippen LogP contribution in [0.4, 0.5) is 0 Å². The number of aromatic nitrogens is 1. The van der Waals surface area contributed by atoms with Gasteiger partial charge in [0, 0.05) is 36.5 Å². The minimum atomic E-state index is -1.89. The number of para-hydroxylation sites is 1. The van der Waals surface area contributed by atoms with Gasteiger partial charge in [-0.15, -0.1) is 0 Å². The van der Waals surface area contributed by atoms with Crippen LogP contribution >= 0.6 is 0 Å². The predicted octanol–water partition coefficient (Wildman–Crippen LogP) is 0.380. The van der Waals surface area contributed by atoms with Gasteiger partial charge in [-0.2, -0.15) is 0 Å². The molecule has 23 heavy (non-hydrogen) atoms. The van der Waals surface area contributed by atoms with Gasteiger partial charge in [0.2, 0.25) is 0 Å². The number of aliphatic carboxylic acids is 1. The van der Waals surface area contributed by atoms with Crippen LogP contribution in [-0.4, -0.2) is 45.3 Å². The summed E-state index contributed by atoms with van der Waals surface area (Å²) < 4.78 is 0. The van der Waals surface area contributed by atoms with Gasteiger partial charge in [-0.05, 0) is 18.6 Å². The molecule has 124 valence electrons. The van der Waals surface area contributed by atoms with E-state index in [1.54, 1.807) is 13.1 Å². The summed E-state index contributed by atoms with van der Waals surface area (Å²) in [6.45, 7) is 2.05. The van der Waals surface area contributed by atoms with Crippen molar-refractivity contribution in [2.75, 3.05) is 6.54 Å². The Labute approximate surface area is 133 Å². The number of likely N-dealkylation sites (N-methyl/N-ethyl adjacent to an activating group) is 1. The lowest BCUT2D eigenvalue weighted by molar-refractivity contribution is -0.145. The normalized spacial score (nSPS) is 15.1. The molecule has 1 aromatic carbocycles. The van der Waals surface area contributed by atoms with E-state index in [9.17, 15) is 14.7 Å². The van der Waals surface area contributed by atoms with Crippen LogP contribution in [0.15, 0.2) is 30.5 Å². The van der Waals surface area contributed by atoms with E-state index in [0.717, 1.165) is 16.5 Å².